The van der Waals surface area contributed by atoms with Gasteiger partial charge in [-0.2, -0.15) is 0 Å². The van der Waals surface area contributed by atoms with Crippen LogP contribution < -0.4 is 4.90 Å². The molecule has 1 aliphatic heterocycles. The van der Waals surface area contributed by atoms with Crippen LogP contribution in [0.4, 0.5) is 5.69 Å². The minimum absolute atomic E-state index is 0.0500. The molecule has 0 unspecified atom stereocenters. The van der Waals surface area contributed by atoms with Gasteiger partial charge < -0.3 is 14.5 Å². The summed E-state index contributed by atoms with van der Waals surface area (Å²) in [7, 11) is 0. The standard InChI is InChI=1S/C15H20N2O3/c1-13(18)17(14-5-3-2-4-6-14)8-7-15(19)16-9-11-20-12-10-16/h2-6H,7-12H2,1H3. The predicted molar refractivity (Wildman–Crippen MR) is 76.5 cm³/mol. The molecule has 0 radical (unpaired) electrons. The van der Waals surface area contributed by atoms with E-state index in [0.717, 1.165) is 5.69 Å². The highest BCUT2D eigenvalue weighted by Crippen LogP contribution is 2.14. The van der Waals surface area contributed by atoms with Gasteiger partial charge in [0.1, 0.15) is 0 Å². The molecule has 1 aromatic carbocycles. The van der Waals surface area contributed by atoms with Crippen LogP contribution in [0.5, 0.6) is 0 Å². The molecule has 108 valence electrons. The quantitative estimate of drug-likeness (QED) is 0.832. The largest absolute Gasteiger partial charge is 0.378 e. The van der Waals surface area contributed by atoms with E-state index in [1.807, 2.05) is 30.3 Å². The first kappa shape index (κ1) is 14.5. The van der Waals surface area contributed by atoms with Crippen molar-refractivity contribution < 1.29 is 14.3 Å². The third-order valence-corrected chi connectivity index (χ3v) is 3.36. The van der Waals surface area contributed by atoms with Gasteiger partial charge in [-0.3, -0.25) is 9.59 Å². The SMILES string of the molecule is CC(=O)N(CCC(=O)N1CCOCC1)c1ccccc1. The number of hydrogen-bond donors (Lipinski definition) is 0. The Hall–Kier alpha value is -1.88. The molecule has 1 saturated heterocycles. The van der Waals surface area contributed by atoms with Crippen LogP contribution in [0.3, 0.4) is 0 Å². The lowest BCUT2D eigenvalue weighted by molar-refractivity contribution is -0.135. The van der Waals surface area contributed by atoms with E-state index in [-0.39, 0.29) is 11.8 Å². The molecule has 2 amide bonds. The average molecular weight is 276 g/mol. The molecule has 0 spiro atoms. The van der Waals surface area contributed by atoms with Gasteiger partial charge in [-0.1, -0.05) is 18.2 Å². The summed E-state index contributed by atoms with van der Waals surface area (Å²) in [6.07, 6.45) is 0.342. The van der Waals surface area contributed by atoms with Crippen LogP contribution in [-0.2, 0) is 14.3 Å². The number of nitrogens with zero attached hydrogens (tertiary/aromatic N) is 2. The summed E-state index contributed by atoms with van der Waals surface area (Å²) in [6, 6.07) is 9.42. The highest BCUT2D eigenvalue weighted by Gasteiger charge is 2.19. The Kier molecular flexibility index (Phi) is 5.12. The van der Waals surface area contributed by atoms with E-state index in [1.165, 1.54) is 6.92 Å². The summed E-state index contributed by atoms with van der Waals surface area (Å²) in [4.78, 5) is 27.2. The smallest absolute Gasteiger partial charge is 0.224 e. The Morgan fingerprint density at radius 3 is 2.45 bits per heavy atom. The van der Waals surface area contributed by atoms with Crippen molar-refractivity contribution in [2.24, 2.45) is 0 Å². The number of anilines is 1. The zero-order valence-corrected chi connectivity index (χ0v) is 11.7. The van der Waals surface area contributed by atoms with Crippen LogP contribution in [0.15, 0.2) is 30.3 Å². The Morgan fingerprint density at radius 2 is 1.85 bits per heavy atom. The van der Waals surface area contributed by atoms with Gasteiger partial charge in [0, 0.05) is 38.7 Å². The number of morpholine rings is 1. The highest BCUT2D eigenvalue weighted by molar-refractivity contribution is 5.92. The van der Waals surface area contributed by atoms with Gasteiger partial charge in [-0.05, 0) is 12.1 Å². The Bertz CT molecular complexity index is 455. The second-order valence-electron chi connectivity index (χ2n) is 4.75. The molecule has 0 N–H and O–H groups in total. The van der Waals surface area contributed by atoms with Crippen molar-refractivity contribution in [3.8, 4) is 0 Å². The fraction of sp³-hybridized carbons (Fsp3) is 0.467. The van der Waals surface area contributed by atoms with Crippen LogP contribution in [0, 0.1) is 0 Å². The number of carbonyl (C=O) groups excluding carboxylic acids is 2. The lowest BCUT2D eigenvalue weighted by atomic mass is 10.2. The zero-order chi connectivity index (χ0) is 14.4. The number of ether oxygens (including phenoxy) is 1. The van der Waals surface area contributed by atoms with E-state index in [1.54, 1.807) is 9.80 Å². The van der Waals surface area contributed by atoms with Crippen LogP contribution >= 0.6 is 0 Å². The van der Waals surface area contributed by atoms with Crippen LogP contribution in [0.25, 0.3) is 0 Å². The normalized spacial score (nSPS) is 14.9. The van der Waals surface area contributed by atoms with Crippen LogP contribution in [0.2, 0.25) is 0 Å². The molecular weight excluding hydrogens is 256 g/mol. The van der Waals surface area contributed by atoms with Crippen LogP contribution in [-0.4, -0.2) is 49.6 Å². The number of rotatable bonds is 4. The number of benzene rings is 1. The maximum atomic E-state index is 12.1. The minimum Gasteiger partial charge on any atom is -0.378 e. The molecule has 0 bridgehead atoms. The Morgan fingerprint density at radius 1 is 1.20 bits per heavy atom. The van der Waals surface area contributed by atoms with Crippen molar-refractivity contribution in [3.05, 3.63) is 30.3 Å². The van der Waals surface area contributed by atoms with Crippen molar-refractivity contribution in [3.63, 3.8) is 0 Å². The second kappa shape index (κ2) is 7.05. The molecule has 1 heterocycles. The van der Waals surface area contributed by atoms with E-state index in [0.29, 0.717) is 39.3 Å². The molecule has 2 rings (SSSR count). The van der Waals surface area contributed by atoms with E-state index < -0.39 is 0 Å². The Balaban J connectivity index is 1.92. The van der Waals surface area contributed by atoms with Crippen LogP contribution in [0.1, 0.15) is 13.3 Å². The average Bonchev–Trinajstić information content (AvgIpc) is 2.49. The first-order chi connectivity index (χ1) is 9.68. The van der Waals surface area contributed by atoms with E-state index in [9.17, 15) is 9.59 Å². The molecule has 20 heavy (non-hydrogen) atoms. The molecule has 0 aliphatic carbocycles. The van der Waals surface area contributed by atoms with Gasteiger partial charge in [-0.15, -0.1) is 0 Å². The highest BCUT2D eigenvalue weighted by atomic mass is 16.5. The molecule has 0 aromatic heterocycles. The molecule has 5 nitrogen and oxygen atoms in total. The van der Waals surface area contributed by atoms with Gasteiger partial charge >= 0.3 is 0 Å². The number of carbonyl (C=O) groups is 2. The molecule has 1 fully saturated rings. The van der Waals surface area contributed by atoms with Crippen molar-refractivity contribution >= 4 is 17.5 Å². The summed E-state index contributed by atoms with van der Waals surface area (Å²) >= 11 is 0. The van der Waals surface area contributed by atoms with Gasteiger partial charge in [0.15, 0.2) is 0 Å². The van der Waals surface area contributed by atoms with Crippen molar-refractivity contribution in [1.82, 2.24) is 4.90 Å². The Labute approximate surface area is 119 Å². The maximum absolute atomic E-state index is 12.1. The summed E-state index contributed by atoms with van der Waals surface area (Å²) in [5, 5.41) is 0. The van der Waals surface area contributed by atoms with Crippen molar-refractivity contribution in [1.29, 1.82) is 0 Å². The van der Waals surface area contributed by atoms with Gasteiger partial charge in [-0.25, -0.2) is 0 Å². The van der Waals surface area contributed by atoms with E-state index in [2.05, 4.69) is 0 Å². The molecular formula is C15H20N2O3. The van der Waals surface area contributed by atoms with Gasteiger partial charge in [0.05, 0.1) is 13.2 Å². The minimum atomic E-state index is -0.0500. The summed E-state index contributed by atoms with van der Waals surface area (Å²) in [5.41, 5.74) is 0.828. The number of para-hydroxylation sites is 1. The second-order valence-corrected chi connectivity index (χ2v) is 4.75. The van der Waals surface area contributed by atoms with E-state index >= 15 is 0 Å². The maximum Gasteiger partial charge on any atom is 0.224 e. The lowest BCUT2D eigenvalue weighted by Gasteiger charge is -2.28. The topological polar surface area (TPSA) is 49.9 Å². The first-order valence-electron chi connectivity index (χ1n) is 6.87. The van der Waals surface area contributed by atoms with Gasteiger partial charge in [0.2, 0.25) is 11.8 Å². The number of amides is 2. The fourth-order valence-corrected chi connectivity index (χ4v) is 2.25. The van der Waals surface area contributed by atoms with E-state index in [4.69, 9.17) is 4.74 Å². The van der Waals surface area contributed by atoms with Crippen molar-refractivity contribution in [2.45, 2.75) is 13.3 Å². The summed E-state index contributed by atoms with van der Waals surface area (Å²) < 4.78 is 5.22. The fourth-order valence-electron chi connectivity index (χ4n) is 2.25. The molecule has 5 heteroatoms. The molecule has 0 atom stereocenters. The molecule has 1 aromatic rings. The monoisotopic (exact) mass is 276 g/mol. The zero-order valence-electron chi connectivity index (χ0n) is 11.7. The first-order valence-corrected chi connectivity index (χ1v) is 6.87. The number of hydrogen-bond acceptors (Lipinski definition) is 3. The predicted octanol–water partition coefficient (Wildman–Crippen LogP) is 1.29. The summed E-state index contributed by atoms with van der Waals surface area (Å²) in [6.45, 7) is 4.41. The van der Waals surface area contributed by atoms with Gasteiger partial charge in [0.25, 0.3) is 0 Å². The third-order valence-electron chi connectivity index (χ3n) is 3.36. The summed E-state index contributed by atoms with van der Waals surface area (Å²) in [5.74, 6) is 0.0291. The molecule has 1 aliphatic rings. The van der Waals surface area contributed by atoms with Crippen molar-refractivity contribution in [2.75, 3.05) is 37.7 Å². The lowest BCUT2D eigenvalue weighted by Crippen LogP contribution is -2.42. The third kappa shape index (κ3) is 3.81. The molecule has 0 saturated carbocycles.